The molecule has 4 rings (SSSR count). The van der Waals surface area contributed by atoms with Crippen molar-refractivity contribution in [1.82, 2.24) is 5.32 Å². The Hall–Kier alpha value is -1.48. The molecule has 168 valence electrons. The van der Waals surface area contributed by atoms with E-state index in [2.05, 4.69) is 5.32 Å². The monoisotopic (exact) mass is 503 g/mol. The van der Waals surface area contributed by atoms with E-state index in [1.165, 1.54) is 9.80 Å². The van der Waals surface area contributed by atoms with Gasteiger partial charge in [-0.3, -0.25) is 9.11 Å². The molecule has 2 atom stereocenters. The van der Waals surface area contributed by atoms with E-state index in [1.807, 2.05) is 0 Å². The van der Waals surface area contributed by atoms with Gasteiger partial charge in [0.15, 0.2) is 0 Å². The van der Waals surface area contributed by atoms with Crippen LogP contribution in [0.4, 0.5) is 11.4 Å². The lowest BCUT2D eigenvalue weighted by atomic mass is 10.3. The van der Waals surface area contributed by atoms with Crippen LogP contribution in [0.25, 0.3) is 0 Å². The van der Waals surface area contributed by atoms with E-state index in [1.54, 1.807) is 62.4 Å². The number of nitrogens with zero attached hydrogens (tertiary/aromatic N) is 2. The highest BCUT2D eigenvalue weighted by Crippen LogP contribution is 2.57. The fourth-order valence-corrected chi connectivity index (χ4v) is 9.65. The lowest BCUT2D eigenvalue weighted by Crippen LogP contribution is -2.72. The average Bonchev–Trinajstić information content (AvgIpc) is 3.20. The summed E-state index contributed by atoms with van der Waals surface area (Å²) < 4.78 is 67.6. The first-order valence-electron chi connectivity index (χ1n) is 9.35. The molecule has 13 heteroatoms. The summed E-state index contributed by atoms with van der Waals surface area (Å²) in [7, 11) is -9.87. The molecule has 0 spiro atoms. The second kappa shape index (κ2) is 7.54. The maximum Gasteiger partial charge on any atom is 0.314 e. The molecule has 0 saturated carbocycles. The van der Waals surface area contributed by atoms with Gasteiger partial charge in [0.05, 0.1) is 11.4 Å². The molecule has 2 aromatic rings. The van der Waals surface area contributed by atoms with Gasteiger partial charge >= 0.3 is 20.2 Å². The quantitative estimate of drug-likeness (QED) is 0.504. The molecule has 9 nitrogen and oxygen atoms in total. The number of para-hydroxylation sites is 2. The Kier molecular flexibility index (Phi) is 5.52. The molecule has 0 fully saturated rings. The van der Waals surface area contributed by atoms with Crippen molar-refractivity contribution < 1.29 is 25.9 Å². The zero-order chi connectivity index (χ0) is 22.7. The van der Waals surface area contributed by atoms with Gasteiger partial charge in [0.1, 0.15) is 0 Å². The molecular formula is C18H21N3O6S4. The Morgan fingerprint density at radius 2 is 1.13 bits per heavy atom. The molecule has 31 heavy (non-hydrogen) atoms. The fourth-order valence-electron chi connectivity index (χ4n) is 3.91. The lowest BCUT2D eigenvalue weighted by Gasteiger charge is -2.44. The number of anilines is 2. The first-order chi connectivity index (χ1) is 14.5. The van der Waals surface area contributed by atoms with E-state index in [0.29, 0.717) is 21.2 Å². The zero-order valence-electron chi connectivity index (χ0n) is 16.6. The van der Waals surface area contributed by atoms with Crippen LogP contribution in [0.2, 0.25) is 0 Å². The van der Waals surface area contributed by atoms with Gasteiger partial charge in [0.2, 0.25) is 0 Å². The van der Waals surface area contributed by atoms with E-state index < -0.39 is 28.9 Å². The third-order valence-electron chi connectivity index (χ3n) is 5.17. The molecule has 0 aliphatic carbocycles. The summed E-state index contributed by atoms with van der Waals surface area (Å²) in [5.41, 5.74) is 1.04. The molecule has 0 bridgehead atoms. The van der Waals surface area contributed by atoms with E-state index >= 15 is 0 Å². The minimum Gasteiger partial charge on any atom is -0.329 e. The molecule has 2 heterocycles. The number of benzene rings is 2. The molecule has 2 aromatic carbocycles. The molecule has 0 aromatic heterocycles. The average molecular weight is 504 g/mol. The Morgan fingerprint density at radius 3 is 1.45 bits per heavy atom. The van der Waals surface area contributed by atoms with Crippen LogP contribution in [-0.4, -0.2) is 47.7 Å². The molecule has 0 saturated heterocycles. The summed E-state index contributed by atoms with van der Waals surface area (Å²) in [4.78, 5) is 3.85. The fraction of sp³-hybridized carbons (Fsp3) is 0.333. The molecule has 3 N–H and O–H groups in total. The number of hydrogen-bond donors (Lipinski definition) is 3. The van der Waals surface area contributed by atoms with Crippen LogP contribution in [0.1, 0.15) is 13.8 Å². The zero-order valence-corrected chi connectivity index (χ0v) is 19.9. The first kappa shape index (κ1) is 22.7. The summed E-state index contributed by atoms with van der Waals surface area (Å²) in [6, 6.07) is 13.6. The summed E-state index contributed by atoms with van der Waals surface area (Å²) in [5.74, 6) is 0. The minimum absolute atomic E-state index is 0.141. The van der Waals surface area contributed by atoms with Crippen molar-refractivity contribution in [2.75, 3.05) is 22.9 Å². The standard InChI is InChI=1S/C18H21N3O6S4/c1-3-20-13-9-5-7-11-15(13)28-17(20,30(22,23)24)19-18(31(25,26)27)21(4-2)14-10-6-8-12-16(14)29-18/h5-12,19H,3-4H2,1-2H3,(H,22,23,24)(H,25,26,27). The smallest absolute Gasteiger partial charge is 0.314 e. The SMILES string of the molecule is CCN1c2ccccc2SC1(NC1(S(=O)(=O)O)Sc2ccccc2N1CC)S(=O)(=O)O. The van der Waals surface area contributed by atoms with Crippen LogP contribution in [0.3, 0.4) is 0 Å². The molecule has 0 amide bonds. The van der Waals surface area contributed by atoms with E-state index in [0.717, 1.165) is 23.5 Å². The van der Waals surface area contributed by atoms with Crippen molar-refractivity contribution in [3.63, 3.8) is 0 Å². The maximum absolute atomic E-state index is 12.8. The van der Waals surface area contributed by atoms with Crippen LogP contribution in [0.15, 0.2) is 58.3 Å². The summed E-state index contributed by atoms with van der Waals surface area (Å²) in [6.07, 6.45) is 0. The van der Waals surface area contributed by atoms with Crippen LogP contribution in [0.5, 0.6) is 0 Å². The van der Waals surface area contributed by atoms with Crippen LogP contribution < -0.4 is 15.1 Å². The van der Waals surface area contributed by atoms with Crippen molar-refractivity contribution in [3.05, 3.63) is 48.5 Å². The van der Waals surface area contributed by atoms with E-state index in [4.69, 9.17) is 0 Å². The Morgan fingerprint density at radius 1 is 0.774 bits per heavy atom. The van der Waals surface area contributed by atoms with Crippen molar-refractivity contribution >= 4 is 55.1 Å². The first-order valence-corrected chi connectivity index (χ1v) is 13.9. The van der Waals surface area contributed by atoms with Crippen molar-refractivity contribution in [2.24, 2.45) is 0 Å². The van der Waals surface area contributed by atoms with Crippen molar-refractivity contribution in [3.8, 4) is 0 Å². The van der Waals surface area contributed by atoms with Gasteiger partial charge in [-0.25, -0.2) is 5.32 Å². The Bertz CT molecular complexity index is 1140. The predicted molar refractivity (Wildman–Crippen MR) is 122 cm³/mol. The normalized spacial score (nSPS) is 25.5. The van der Waals surface area contributed by atoms with E-state index in [-0.39, 0.29) is 13.1 Å². The third-order valence-corrected chi connectivity index (χ3v) is 11.3. The summed E-state index contributed by atoms with van der Waals surface area (Å²) in [5, 5.41) is 2.68. The topological polar surface area (TPSA) is 127 Å². The molecular weight excluding hydrogens is 482 g/mol. The van der Waals surface area contributed by atoms with Crippen LogP contribution in [0, 0.1) is 0 Å². The number of nitrogens with one attached hydrogen (secondary N) is 1. The number of thioether (sulfide) groups is 2. The maximum atomic E-state index is 12.8. The highest BCUT2D eigenvalue weighted by molar-refractivity contribution is 8.15. The largest absolute Gasteiger partial charge is 0.329 e. The van der Waals surface area contributed by atoms with Gasteiger partial charge in [-0.15, -0.1) is 0 Å². The molecule has 2 aliphatic rings. The summed E-state index contributed by atoms with van der Waals surface area (Å²) in [6.45, 7) is 3.67. The second-order valence-corrected chi connectivity index (χ2v) is 12.9. The van der Waals surface area contributed by atoms with Gasteiger partial charge in [-0.1, -0.05) is 47.8 Å². The minimum atomic E-state index is -4.94. The molecule has 2 aliphatic heterocycles. The van der Waals surface area contributed by atoms with Crippen molar-refractivity contribution in [1.29, 1.82) is 0 Å². The molecule has 2 unspecified atom stereocenters. The Labute approximate surface area is 189 Å². The third kappa shape index (κ3) is 3.25. The number of hydrogen-bond acceptors (Lipinski definition) is 9. The van der Waals surface area contributed by atoms with Gasteiger partial charge in [-0.05, 0) is 38.1 Å². The number of rotatable bonds is 6. The van der Waals surface area contributed by atoms with Gasteiger partial charge in [-0.2, -0.15) is 16.8 Å². The van der Waals surface area contributed by atoms with Gasteiger partial charge in [0.25, 0.3) is 8.65 Å². The number of fused-ring (bicyclic) bond motifs is 2. The van der Waals surface area contributed by atoms with Gasteiger partial charge < -0.3 is 9.80 Å². The van der Waals surface area contributed by atoms with Crippen LogP contribution in [-0.2, 0) is 20.2 Å². The highest BCUT2D eigenvalue weighted by atomic mass is 32.3. The predicted octanol–water partition coefficient (Wildman–Crippen LogP) is 2.84. The lowest BCUT2D eigenvalue weighted by molar-refractivity contribution is 0.389. The van der Waals surface area contributed by atoms with Crippen LogP contribution >= 0.6 is 23.5 Å². The molecule has 0 radical (unpaired) electrons. The van der Waals surface area contributed by atoms with E-state index in [9.17, 15) is 25.9 Å². The van der Waals surface area contributed by atoms with Crippen molar-refractivity contribution in [2.45, 2.75) is 32.3 Å². The highest BCUT2D eigenvalue weighted by Gasteiger charge is 2.65. The second-order valence-electron chi connectivity index (χ2n) is 6.87. The Balaban J connectivity index is 1.95. The van der Waals surface area contributed by atoms with Gasteiger partial charge in [0, 0.05) is 22.9 Å². The summed E-state index contributed by atoms with van der Waals surface area (Å²) >= 11 is 1.55.